The number of ether oxygens (including phenoxy) is 1. The second-order valence-electron chi connectivity index (χ2n) is 5.36. The fourth-order valence-electron chi connectivity index (χ4n) is 2.76. The maximum Gasteiger partial charge on any atom is 0.138 e. The van der Waals surface area contributed by atoms with E-state index in [9.17, 15) is 0 Å². The van der Waals surface area contributed by atoms with Crippen LogP contribution in [-0.2, 0) is 0 Å². The Hall–Kier alpha value is -3.08. The van der Waals surface area contributed by atoms with Gasteiger partial charge in [0.25, 0.3) is 0 Å². The van der Waals surface area contributed by atoms with Crippen molar-refractivity contribution in [1.29, 1.82) is 0 Å². The Balaban J connectivity index is 1.84. The lowest BCUT2D eigenvalue weighted by atomic mass is 10.1. The van der Waals surface area contributed by atoms with Gasteiger partial charge in [-0.15, -0.1) is 0 Å². The van der Waals surface area contributed by atoms with Crippen LogP contribution in [0.5, 0.6) is 5.75 Å². The predicted octanol–water partition coefficient (Wildman–Crippen LogP) is 3.76. The minimum Gasteiger partial charge on any atom is -0.494 e. The molecule has 3 aromatic heterocycles. The maximum absolute atomic E-state index is 5.81. The molecule has 0 atom stereocenters. The Morgan fingerprint density at radius 3 is 2.61 bits per heavy atom. The number of nitrogen functional groups attached to an aromatic ring is 1. The average Bonchev–Trinajstić information content (AvgIpc) is 2.93. The predicted molar refractivity (Wildman–Crippen MR) is 92.4 cm³/mol. The Kier molecular flexibility index (Phi) is 3.12. The summed E-state index contributed by atoms with van der Waals surface area (Å²) in [5.74, 6) is 1.38. The molecular weight excluding hydrogens is 288 g/mol. The van der Waals surface area contributed by atoms with Gasteiger partial charge >= 0.3 is 0 Å². The highest BCUT2D eigenvalue weighted by Crippen LogP contribution is 2.29. The summed E-state index contributed by atoms with van der Waals surface area (Å²) in [6.45, 7) is 2.64. The van der Waals surface area contributed by atoms with Gasteiger partial charge in [-0.05, 0) is 36.8 Å². The number of hydrogen-bond acceptors (Lipinski definition) is 4. The Labute approximate surface area is 133 Å². The van der Waals surface area contributed by atoms with E-state index in [1.54, 1.807) is 6.20 Å². The highest BCUT2D eigenvalue weighted by Gasteiger charge is 2.08. The number of hydrogen-bond donors (Lipinski definition) is 2. The van der Waals surface area contributed by atoms with Gasteiger partial charge in [-0.3, -0.25) is 0 Å². The van der Waals surface area contributed by atoms with E-state index in [4.69, 9.17) is 10.5 Å². The van der Waals surface area contributed by atoms with E-state index in [2.05, 4.69) is 21.0 Å². The molecule has 0 aliphatic rings. The molecule has 3 heterocycles. The van der Waals surface area contributed by atoms with E-state index in [0.29, 0.717) is 12.4 Å². The summed E-state index contributed by atoms with van der Waals surface area (Å²) in [4.78, 5) is 11.9. The fraction of sp³-hybridized carbons (Fsp3) is 0.111. The highest BCUT2D eigenvalue weighted by atomic mass is 16.5. The maximum atomic E-state index is 5.81. The van der Waals surface area contributed by atoms with Crippen molar-refractivity contribution in [2.75, 3.05) is 12.3 Å². The van der Waals surface area contributed by atoms with Crippen molar-refractivity contribution in [3.05, 3.63) is 48.8 Å². The van der Waals surface area contributed by atoms with E-state index in [-0.39, 0.29) is 0 Å². The number of anilines is 1. The number of nitrogens with two attached hydrogens (primary N) is 1. The number of fused-ring (bicyclic) bond motifs is 3. The van der Waals surface area contributed by atoms with E-state index in [1.165, 1.54) is 0 Å². The van der Waals surface area contributed by atoms with Crippen LogP contribution < -0.4 is 10.5 Å². The van der Waals surface area contributed by atoms with Gasteiger partial charge in [0.05, 0.1) is 18.3 Å². The average molecular weight is 304 g/mol. The lowest BCUT2D eigenvalue weighted by Crippen LogP contribution is -1.90. The van der Waals surface area contributed by atoms with Gasteiger partial charge in [0.2, 0.25) is 0 Å². The third kappa shape index (κ3) is 2.36. The van der Waals surface area contributed by atoms with E-state index in [1.807, 2.05) is 43.5 Å². The number of benzene rings is 1. The second kappa shape index (κ2) is 5.28. The minimum atomic E-state index is 0.505. The van der Waals surface area contributed by atoms with E-state index < -0.39 is 0 Å². The van der Waals surface area contributed by atoms with Crippen LogP contribution >= 0.6 is 0 Å². The van der Waals surface area contributed by atoms with Gasteiger partial charge in [-0.1, -0.05) is 12.1 Å². The first kappa shape index (κ1) is 13.6. The van der Waals surface area contributed by atoms with Crippen LogP contribution in [0.1, 0.15) is 6.92 Å². The molecule has 4 aromatic rings. The van der Waals surface area contributed by atoms with Crippen LogP contribution in [0.2, 0.25) is 0 Å². The summed E-state index contributed by atoms with van der Waals surface area (Å²) in [7, 11) is 0. The smallest absolute Gasteiger partial charge is 0.138 e. The number of nitrogens with zero attached hydrogens (tertiary/aromatic N) is 2. The molecule has 5 nitrogen and oxygen atoms in total. The molecule has 0 saturated carbocycles. The Bertz CT molecular complexity index is 989. The molecule has 0 saturated heterocycles. The first-order valence-corrected chi connectivity index (χ1v) is 7.51. The highest BCUT2D eigenvalue weighted by molar-refractivity contribution is 6.07. The van der Waals surface area contributed by atoms with Crippen molar-refractivity contribution in [3.63, 3.8) is 0 Å². The topological polar surface area (TPSA) is 76.8 Å². The van der Waals surface area contributed by atoms with Crippen LogP contribution in [0.3, 0.4) is 0 Å². The number of pyridine rings is 2. The number of H-pyrrole nitrogens is 1. The van der Waals surface area contributed by atoms with Gasteiger partial charge in [0.15, 0.2) is 0 Å². The zero-order chi connectivity index (χ0) is 15.8. The van der Waals surface area contributed by atoms with Crippen molar-refractivity contribution in [2.24, 2.45) is 0 Å². The third-order valence-electron chi connectivity index (χ3n) is 3.85. The Morgan fingerprint density at radius 1 is 1.00 bits per heavy atom. The zero-order valence-corrected chi connectivity index (χ0v) is 12.7. The number of nitrogens with one attached hydrogen (secondary N) is 1. The van der Waals surface area contributed by atoms with Crippen molar-refractivity contribution in [2.45, 2.75) is 6.92 Å². The van der Waals surface area contributed by atoms with Crippen molar-refractivity contribution >= 4 is 27.8 Å². The molecule has 0 amide bonds. The molecule has 0 spiro atoms. The van der Waals surface area contributed by atoms with Gasteiger partial charge in [-0.25, -0.2) is 9.97 Å². The van der Waals surface area contributed by atoms with Crippen molar-refractivity contribution in [1.82, 2.24) is 15.0 Å². The zero-order valence-electron chi connectivity index (χ0n) is 12.7. The van der Waals surface area contributed by atoms with Crippen LogP contribution in [0, 0.1) is 0 Å². The molecule has 0 aliphatic carbocycles. The molecule has 4 rings (SSSR count). The minimum absolute atomic E-state index is 0.505. The molecule has 1 aromatic carbocycles. The third-order valence-corrected chi connectivity index (χ3v) is 3.85. The summed E-state index contributed by atoms with van der Waals surface area (Å²) in [5, 5.41) is 2.08. The van der Waals surface area contributed by atoms with Crippen molar-refractivity contribution < 1.29 is 4.74 Å². The van der Waals surface area contributed by atoms with E-state index >= 15 is 0 Å². The van der Waals surface area contributed by atoms with Gasteiger partial charge in [-0.2, -0.15) is 0 Å². The summed E-state index contributed by atoms with van der Waals surface area (Å²) in [5.41, 5.74) is 9.73. The summed E-state index contributed by atoms with van der Waals surface area (Å²) >= 11 is 0. The SMILES string of the molecule is CCOc1ccc(-c2cnc3[nH]c4cnc(N)cc4c3c2)cc1. The first-order valence-electron chi connectivity index (χ1n) is 7.51. The molecule has 0 fully saturated rings. The molecule has 23 heavy (non-hydrogen) atoms. The number of aromatic amines is 1. The van der Waals surface area contributed by atoms with Crippen LogP contribution in [-0.4, -0.2) is 21.6 Å². The molecule has 0 bridgehead atoms. The summed E-state index contributed by atoms with van der Waals surface area (Å²) in [6.07, 6.45) is 3.60. The van der Waals surface area contributed by atoms with E-state index in [0.717, 1.165) is 38.8 Å². The lowest BCUT2D eigenvalue weighted by molar-refractivity contribution is 0.340. The lowest BCUT2D eigenvalue weighted by Gasteiger charge is -2.05. The molecule has 114 valence electrons. The molecule has 5 heteroatoms. The molecule has 0 unspecified atom stereocenters. The van der Waals surface area contributed by atoms with Gasteiger partial charge in [0, 0.05) is 22.5 Å². The number of aromatic nitrogens is 3. The van der Waals surface area contributed by atoms with Crippen LogP contribution in [0.25, 0.3) is 33.1 Å². The number of rotatable bonds is 3. The quantitative estimate of drug-likeness (QED) is 0.604. The van der Waals surface area contributed by atoms with Crippen molar-refractivity contribution in [3.8, 4) is 16.9 Å². The molecule has 0 aliphatic heterocycles. The second-order valence-corrected chi connectivity index (χ2v) is 5.36. The molecular formula is C18H16N4O. The van der Waals surface area contributed by atoms with Gasteiger partial charge in [0.1, 0.15) is 17.2 Å². The molecule has 3 N–H and O–H groups in total. The monoisotopic (exact) mass is 304 g/mol. The summed E-state index contributed by atoms with van der Waals surface area (Å²) in [6, 6.07) is 12.0. The van der Waals surface area contributed by atoms with Crippen LogP contribution in [0.15, 0.2) is 48.8 Å². The largest absolute Gasteiger partial charge is 0.494 e. The summed E-state index contributed by atoms with van der Waals surface area (Å²) < 4.78 is 5.48. The fourth-order valence-corrected chi connectivity index (χ4v) is 2.76. The van der Waals surface area contributed by atoms with Crippen LogP contribution in [0.4, 0.5) is 5.82 Å². The molecule has 0 radical (unpaired) electrons. The normalized spacial score (nSPS) is 11.2. The van der Waals surface area contributed by atoms with Gasteiger partial charge < -0.3 is 15.5 Å². The standard InChI is InChI=1S/C18H16N4O/c1-2-23-13-5-3-11(4-6-13)12-7-15-14-8-17(19)20-10-16(14)22-18(15)21-9-12/h3-10H,2H2,1H3,(H2,19,20)(H,21,22). The first-order chi connectivity index (χ1) is 11.2. The Morgan fingerprint density at radius 2 is 1.83 bits per heavy atom.